The fourth-order valence-corrected chi connectivity index (χ4v) is 0. The van der Waals surface area contributed by atoms with Crippen LogP contribution in [0.3, 0.4) is 0 Å². The average Bonchev–Trinajstić information content (AvgIpc) is 0. The zero-order chi connectivity index (χ0) is 0. The molecule has 0 spiro atoms. The summed E-state index contributed by atoms with van der Waals surface area (Å²) in [6, 6.07) is 0. The third-order valence-corrected chi connectivity index (χ3v) is 0. The maximum absolute atomic E-state index is 0. The fourth-order valence-electron chi connectivity index (χ4n) is 0. The van der Waals surface area contributed by atoms with Gasteiger partial charge in [0, 0.05) is 0 Å². The molecule has 0 aliphatic carbocycles. The van der Waals surface area contributed by atoms with E-state index in [9.17, 15) is 0 Å². The van der Waals surface area contributed by atoms with E-state index in [0.29, 0.717) is 0 Å². The Kier molecular flexibility index (Phi) is 545. The van der Waals surface area contributed by atoms with Crippen molar-refractivity contribution < 1.29 is 49.2 Å². The molecule has 24 valence electrons. The summed E-state index contributed by atoms with van der Waals surface area (Å²) in [5.74, 6) is 0. The van der Waals surface area contributed by atoms with Crippen molar-refractivity contribution in [2.45, 2.75) is 0 Å². The number of hydrogen-bond donors (Lipinski definition) is 0. The SMILES string of the molecule is [Ni+2].[O-2].[OH-].[Ti+4]. The van der Waals surface area contributed by atoms with Gasteiger partial charge < -0.3 is 11.0 Å². The quantitative estimate of drug-likeness (QED) is 0.425. The van der Waals surface area contributed by atoms with Gasteiger partial charge in [-0.2, -0.15) is 0 Å². The molecule has 0 bridgehead atoms. The van der Waals surface area contributed by atoms with E-state index in [1.54, 1.807) is 0 Å². The molecule has 1 N–H and O–H groups in total. The van der Waals surface area contributed by atoms with Gasteiger partial charge in [0.2, 0.25) is 0 Å². The molecule has 4 heteroatoms. The molecule has 0 aromatic heterocycles. The second-order valence-electron chi connectivity index (χ2n) is 0. The topological polar surface area (TPSA) is 58.5 Å². The first-order chi connectivity index (χ1) is 0. The Balaban J connectivity index is 0. The van der Waals surface area contributed by atoms with Gasteiger partial charge in [-0.15, -0.1) is 0 Å². The summed E-state index contributed by atoms with van der Waals surface area (Å²) in [5.41, 5.74) is 0. The summed E-state index contributed by atoms with van der Waals surface area (Å²) >= 11 is 0. The van der Waals surface area contributed by atoms with E-state index >= 15 is 0 Å². The molecule has 0 saturated heterocycles. The molecular formula is HNiO2Ti+3. The Morgan fingerprint density at radius 1 is 1.00 bits per heavy atom. The third-order valence-electron chi connectivity index (χ3n) is 0. The van der Waals surface area contributed by atoms with Crippen LogP contribution in [0.25, 0.3) is 0 Å². The van der Waals surface area contributed by atoms with Gasteiger partial charge >= 0.3 is 38.2 Å². The predicted molar refractivity (Wildman–Crippen MR) is 2.62 cm³/mol. The molecule has 0 amide bonds. The number of hydrogen-bond acceptors (Lipinski definition) is 1. The minimum Gasteiger partial charge on any atom is -2.00 e. The molecule has 0 saturated carbocycles. The van der Waals surface area contributed by atoms with Crippen molar-refractivity contribution in [2.24, 2.45) is 0 Å². The maximum atomic E-state index is 0. The van der Waals surface area contributed by atoms with Crippen LogP contribution in [0.4, 0.5) is 0 Å². The van der Waals surface area contributed by atoms with E-state index in [-0.39, 0.29) is 49.2 Å². The Labute approximate surface area is 49.4 Å². The standard InChI is InChI=1S/Ni.H2O.O.Ti/h;1H2;;/q+2;;-2;+4/p-1. The summed E-state index contributed by atoms with van der Waals surface area (Å²) in [5, 5.41) is 0. The van der Waals surface area contributed by atoms with Gasteiger partial charge in [-0.05, 0) is 0 Å². The summed E-state index contributed by atoms with van der Waals surface area (Å²) < 4.78 is 0. The zero-order valence-electron chi connectivity index (χ0n) is 1.67. The first-order valence-corrected chi connectivity index (χ1v) is 0. The molecule has 0 aliphatic heterocycles. The first kappa shape index (κ1) is 68.7. The van der Waals surface area contributed by atoms with Crippen LogP contribution in [0.2, 0.25) is 0 Å². The Hall–Kier alpha value is 1.13. The van der Waals surface area contributed by atoms with Crippen molar-refractivity contribution in [3.8, 4) is 0 Å². The minimum atomic E-state index is 0. The van der Waals surface area contributed by atoms with Crippen molar-refractivity contribution in [1.29, 1.82) is 0 Å². The molecule has 0 atom stereocenters. The summed E-state index contributed by atoms with van der Waals surface area (Å²) in [6.45, 7) is 0. The maximum Gasteiger partial charge on any atom is 4.00 e. The van der Waals surface area contributed by atoms with Crippen LogP contribution < -0.4 is 0 Å². The van der Waals surface area contributed by atoms with Crippen molar-refractivity contribution >= 4 is 0 Å². The minimum absolute atomic E-state index is 0. The van der Waals surface area contributed by atoms with Gasteiger partial charge in [-0.3, -0.25) is 0 Å². The molecule has 0 rings (SSSR count). The third kappa shape index (κ3) is 11.1. The number of rotatable bonds is 0. The molecule has 4 heavy (non-hydrogen) atoms. The normalized spacial score (nSPS) is 0. The monoisotopic (exact) mass is 139 g/mol. The van der Waals surface area contributed by atoms with E-state index in [4.69, 9.17) is 0 Å². The van der Waals surface area contributed by atoms with Crippen LogP contribution >= 0.6 is 0 Å². The Morgan fingerprint density at radius 3 is 1.00 bits per heavy atom. The molecule has 0 radical (unpaired) electrons. The van der Waals surface area contributed by atoms with Gasteiger partial charge in [0.05, 0.1) is 0 Å². The van der Waals surface area contributed by atoms with Crippen molar-refractivity contribution in [3.63, 3.8) is 0 Å². The summed E-state index contributed by atoms with van der Waals surface area (Å²) in [7, 11) is 0. The second-order valence-corrected chi connectivity index (χ2v) is 0. The molecule has 0 unspecified atom stereocenters. The van der Waals surface area contributed by atoms with Crippen molar-refractivity contribution in [1.82, 2.24) is 0 Å². The molecule has 0 fully saturated rings. The van der Waals surface area contributed by atoms with Gasteiger partial charge in [-0.1, -0.05) is 0 Å². The van der Waals surface area contributed by atoms with E-state index in [2.05, 4.69) is 0 Å². The second kappa shape index (κ2) is 31.7. The molecule has 0 aromatic carbocycles. The van der Waals surface area contributed by atoms with Gasteiger partial charge in [0.15, 0.2) is 0 Å². The largest absolute Gasteiger partial charge is 4.00 e. The molecule has 0 aliphatic rings. The molecule has 2 nitrogen and oxygen atoms in total. The van der Waals surface area contributed by atoms with Crippen LogP contribution in [0.15, 0.2) is 0 Å². The first-order valence-electron chi connectivity index (χ1n) is 0. The van der Waals surface area contributed by atoms with Crippen LogP contribution in [0.5, 0.6) is 0 Å². The predicted octanol–water partition coefficient (Wildman–Crippen LogP) is -0.301. The molecular weight excluding hydrogens is 139 g/mol. The van der Waals surface area contributed by atoms with Crippen LogP contribution in [0.1, 0.15) is 0 Å². The van der Waals surface area contributed by atoms with E-state index < -0.39 is 0 Å². The van der Waals surface area contributed by atoms with Crippen molar-refractivity contribution in [2.75, 3.05) is 0 Å². The van der Waals surface area contributed by atoms with Crippen LogP contribution in [-0.2, 0) is 43.7 Å². The summed E-state index contributed by atoms with van der Waals surface area (Å²) in [6.07, 6.45) is 0. The van der Waals surface area contributed by atoms with Gasteiger partial charge in [-0.25, -0.2) is 0 Å². The summed E-state index contributed by atoms with van der Waals surface area (Å²) in [4.78, 5) is 0. The smallest absolute Gasteiger partial charge is 2.00 e. The Morgan fingerprint density at radius 2 is 1.00 bits per heavy atom. The van der Waals surface area contributed by atoms with E-state index in [0.717, 1.165) is 0 Å². The van der Waals surface area contributed by atoms with E-state index in [1.165, 1.54) is 0 Å². The van der Waals surface area contributed by atoms with Gasteiger partial charge in [0.1, 0.15) is 0 Å². The van der Waals surface area contributed by atoms with E-state index in [1.807, 2.05) is 0 Å². The average molecular weight is 140 g/mol. The Bertz CT molecular complexity index is 6.00. The van der Waals surface area contributed by atoms with Crippen molar-refractivity contribution in [3.05, 3.63) is 0 Å². The van der Waals surface area contributed by atoms with Crippen LogP contribution in [0, 0.1) is 0 Å². The van der Waals surface area contributed by atoms with Crippen LogP contribution in [-0.4, -0.2) is 5.48 Å². The zero-order valence-corrected chi connectivity index (χ0v) is 4.22. The fraction of sp³-hybridized carbons (Fsp3) is 0. The molecule has 0 heterocycles. The van der Waals surface area contributed by atoms with Gasteiger partial charge in [0.25, 0.3) is 0 Å². The molecule has 0 aromatic rings.